The van der Waals surface area contributed by atoms with Gasteiger partial charge in [-0.1, -0.05) is 0 Å². The molecule has 1 aromatic carbocycles. The lowest BCUT2D eigenvalue weighted by Crippen LogP contribution is -1.95. The van der Waals surface area contributed by atoms with Crippen molar-refractivity contribution in [1.29, 1.82) is 0 Å². The van der Waals surface area contributed by atoms with Crippen molar-refractivity contribution in [1.82, 2.24) is 0 Å². The summed E-state index contributed by atoms with van der Waals surface area (Å²) in [5, 5.41) is 0. The Balaban J connectivity index is 2.94. The molecule has 72 valence electrons. The number of carbonyl (C=O) groups excluding carboxylic acids is 1. The lowest BCUT2D eigenvalue weighted by molar-refractivity contribution is 0.407. The number of halogens is 1. The van der Waals surface area contributed by atoms with Crippen LogP contribution in [0, 0.1) is 5.82 Å². The van der Waals surface area contributed by atoms with Gasteiger partial charge in [-0.3, -0.25) is 0 Å². The molecule has 0 aliphatic carbocycles. The van der Waals surface area contributed by atoms with Gasteiger partial charge in [0.25, 0.3) is 0 Å². The maximum Gasteiger partial charge on any atom is 0.224 e. The van der Waals surface area contributed by atoms with Gasteiger partial charge in [-0.2, -0.15) is 0 Å². The third kappa shape index (κ3) is 2.84. The van der Waals surface area contributed by atoms with Crippen LogP contribution in [0.15, 0.2) is 35.3 Å². The number of ether oxygens (including phenoxy) is 1. The number of methoxy groups -OCH3 is 1. The van der Waals surface area contributed by atoms with Crippen molar-refractivity contribution in [3.05, 3.63) is 36.2 Å². The Morgan fingerprint density at radius 3 is 2.64 bits per heavy atom. The summed E-state index contributed by atoms with van der Waals surface area (Å²) in [4.78, 5) is 13.9. The summed E-state index contributed by atoms with van der Waals surface area (Å²) in [5.41, 5.74) is 0.509. The van der Waals surface area contributed by atoms with Crippen molar-refractivity contribution < 1.29 is 13.9 Å². The zero-order valence-corrected chi connectivity index (χ0v) is 7.53. The molecule has 0 aliphatic heterocycles. The molecule has 0 saturated carbocycles. The predicted octanol–water partition coefficient (Wildman–Crippen LogP) is 1.89. The molecule has 14 heavy (non-hydrogen) atoms. The second kappa shape index (κ2) is 4.94. The lowest BCUT2D eigenvalue weighted by atomic mass is 10.3. The van der Waals surface area contributed by atoms with E-state index in [-0.39, 0.29) is 11.7 Å². The van der Waals surface area contributed by atoms with Crippen molar-refractivity contribution in [2.24, 2.45) is 4.99 Å². The third-order valence-electron chi connectivity index (χ3n) is 1.46. The first-order chi connectivity index (χ1) is 6.76. The van der Waals surface area contributed by atoms with Gasteiger partial charge in [-0.25, -0.2) is 14.2 Å². The first-order valence-electron chi connectivity index (χ1n) is 3.85. The van der Waals surface area contributed by atoms with E-state index >= 15 is 0 Å². The highest BCUT2D eigenvalue weighted by Crippen LogP contribution is 2.12. The average Bonchev–Trinajstić information content (AvgIpc) is 2.20. The summed E-state index contributed by atoms with van der Waals surface area (Å²) >= 11 is 0. The van der Waals surface area contributed by atoms with Crippen LogP contribution in [0.3, 0.4) is 0 Å². The van der Waals surface area contributed by atoms with Gasteiger partial charge >= 0.3 is 0 Å². The first kappa shape index (κ1) is 10.2. The molecular formula is C10H8FNO2. The van der Waals surface area contributed by atoms with E-state index in [4.69, 9.17) is 4.74 Å². The average molecular weight is 193 g/mol. The molecule has 4 heteroatoms. The Bertz CT molecular complexity index is 378. The monoisotopic (exact) mass is 193 g/mol. The first-order valence-corrected chi connectivity index (χ1v) is 3.85. The number of hydrogen-bond acceptors (Lipinski definition) is 3. The third-order valence-corrected chi connectivity index (χ3v) is 1.46. The van der Waals surface area contributed by atoms with Gasteiger partial charge < -0.3 is 4.74 Å². The molecule has 0 fully saturated rings. The van der Waals surface area contributed by atoms with Crippen LogP contribution in [-0.2, 0) is 9.53 Å². The molecule has 0 radical (unpaired) electrons. The zero-order valence-electron chi connectivity index (χ0n) is 7.53. The van der Waals surface area contributed by atoms with Crippen molar-refractivity contribution in [3.63, 3.8) is 0 Å². The molecule has 3 nitrogen and oxygen atoms in total. The summed E-state index contributed by atoms with van der Waals surface area (Å²) in [6.07, 6.45) is 1.06. The van der Waals surface area contributed by atoms with Gasteiger partial charge in [0.15, 0.2) is 0 Å². The molecule has 1 aromatic rings. The highest BCUT2D eigenvalue weighted by atomic mass is 19.1. The van der Waals surface area contributed by atoms with Crippen molar-refractivity contribution >= 4 is 17.5 Å². The highest BCUT2D eigenvalue weighted by Gasteiger charge is 1.95. The second-order valence-electron chi connectivity index (χ2n) is 2.39. The van der Waals surface area contributed by atoms with Crippen LogP contribution < -0.4 is 0 Å². The Kier molecular flexibility index (Phi) is 3.58. The normalized spacial score (nSPS) is 10.6. The van der Waals surface area contributed by atoms with E-state index in [2.05, 4.69) is 4.99 Å². The molecule has 0 amide bonds. The van der Waals surface area contributed by atoms with Crippen LogP contribution in [0.1, 0.15) is 0 Å². The van der Waals surface area contributed by atoms with E-state index in [1.54, 1.807) is 5.94 Å². The Labute approximate surface area is 80.5 Å². The van der Waals surface area contributed by atoms with Crippen LogP contribution in [0.25, 0.3) is 0 Å². The number of benzene rings is 1. The van der Waals surface area contributed by atoms with Crippen LogP contribution >= 0.6 is 0 Å². The molecule has 0 spiro atoms. The minimum Gasteiger partial charge on any atom is -0.480 e. The van der Waals surface area contributed by atoms with Crippen molar-refractivity contribution in [2.75, 3.05) is 7.11 Å². The summed E-state index contributed by atoms with van der Waals surface area (Å²) in [6.45, 7) is 0. The van der Waals surface area contributed by atoms with Gasteiger partial charge in [0.1, 0.15) is 11.8 Å². The molecule has 0 bridgehead atoms. The van der Waals surface area contributed by atoms with Gasteiger partial charge in [0.05, 0.1) is 18.9 Å². The van der Waals surface area contributed by atoms with Gasteiger partial charge in [-0.05, 0) is 24.3 Å². The summed E-state index contributed by atoms with van der Waals surface area (Å²) < 4.78 is 17.3. The van der Waals surface area contributed by atoms with E-state index in [0.29, 0.717) is 5.69 Å². The van der Waals surface area contributed by atoms with Crippen LogP contribution in [0.5, 0.6) is 0 Å². The quantitative estimate of drug-likeness (QED) is 0.408. The van der Waals surface area contributed by atoms with Gasteiger partial charge in [-0.15, -0.1) is 0 Å². The smallest absolute Gasteiger partial charge is 0.224 e. The molecule has 0 heterocycles. The van der Waals surface area contributed by atoms with E-state index in [1.165, 1.54) is 31.4 Å². The minimum atomic E-state index is -0.339. The number of aliphatic imine (C=N–C) groups is 1. The molecule has 0 atom stereocenters. The fourth-order valence-electron chi connectivity index (χ4n) is 0.830. The highest BCUT2D eigenvalue weighted by molar-refractivity contribution is 5.95. The van der Waals surface area contributed by atoms with E-state index in [0.717, 1.165) is 6.08 Å². The Morgan fingerprint density at radius 2 is 2.14 bits per heavy atom. The second-order valence-corrected chi connectivity index (χ2v) is 2.39. The summed E-state index contributed by atoms with van der Waals surface area (Å²) in [5.74, 6) is 1.34. The SMILES string of the molecule is COC(C=C=O)=Nc1ccc(F)cc1. The van der Waals surface area contributed by atoms with E-state index < -0.39 is 0 Å². The summed E-state index contributed by atoms with van der Waals surface area (Å²) in [6, 6.07) is 5.51. The predicted molar refractivity (Wildman–Crippen MR) is 50.8 cm³/mol. The molecule has 1 rings (SSSR count). The standard InChI is InChI=1S/C10H8FNO2/c1-14-10(6-7-13)12-9-4-2-8(11)3-5-9/h2-6H,1H3. The maximum atomic E-state index is 12.5. The molecule has 0 aromatic heterocycles. The van der Waals surface area contributed by atoms with Gasteiger partial charge in [0.2, 0.25) is 5.90 Å². The molecule has 0 N–H and O–H groups in total. The molecule has 0 saturated heterocycles. The molecule has 0 aliphatic rings. The van der Waals surface area contributed by atoms with Crippen LogP contribution in [0.4, 0.5) is 10.1 Å². The van der Waals surface area contributed by atoms with Crippen molar-refractivity contribution in [2.45, 2.75) is 0 Å². The number of nitrogens with zero attached hydrogens (tertiary/aromatic N) is 1. The van der Waals surface area contributed by atoms with Crippen molar-refractivity contribution in [3.8, 4) is 0 Å². The molecular weight excluding hydrogens is 185 g/mol. The fraction of sp³-hybridized carbons (Fsp3) is 0.100. The topological polar surface area (TPSA) is 38.7 Å². The Morgan fingerprint density at radius 1 is 1.50 bits per heavy atom. The van der Waals surface area contributed by atoms with Gasteiger partial charge in [0, 0.05) is 0 Å². The van der Waals surface area contributed by atoms with E-state index in [9.17, 15) is 9.18 Å². The van der Waals surface area contributed by atoms with Crippen LogP contribution in [-0.4, -0.2) is 18.9 Å². The van der Waals surface area contributed by atoms with Crippen LogP contribution in [0.2, 0.25) is 0 Å². The maximum absolute atomic E-state index is 12.5. The van der Waals surface area contributed by atoms with E-state index in [1.807, 2.05) is 0 Å². The fourth-order valence-corrected chi connectivity index (χ4v) is 0.830. The largest absolute Gasteiger partial charge is 0.480 e. The summed E-state index contributed by atoms with van der Waals surface area (Å²) in [7, 11) is 1.39. The number of hydrogen-bond donors (Lipinski definition) is 0. The minimum absolute atomic E-state index is 0.131. The zero-order chi connectivity index (χ0) is 10.4. The molecule has 0 unspecified atom stereocenters. The lowest BCUT2D eigenvalue weighted by Gasteiger charge is -1.97. The Hall–Kier alpha value is -1.93. The number of rotatable bonds is 2.